The van der Waals surface area contributed by atoms with Gasteiger partial charge in [-0.25, -0.2) is 17.2 Å². The molecule has 0 aliphatic heterocycles. The smallest absolute Gasteiger partial charge is 0.263 e. The second-order valence-corrected chi connectivity index (χ2v) is 6.22. The van der Waals surface area contributed by atoms with Crippen LogP contribution in [-0.4, -0.2) is 18.6 Å². The molecule has 2 aromatic rings. The molecule has 0 bridgehead atoms. The van der Waals surface area contributed by atoms with E-state index in [1.54, 1.807) is 6.07 Å². The van der Waals surface area contributed by atoms with Crippen LogP contribution >= 0.6 is 0 Å². The highest BCUT2D eigenvalue weighted by molar-refractivity contribution is 7.89. The van der Waals surface area contributed by atoms with Crippen molar-refractivity contribution in [3.63, 3.8) is 0 Å². The van der Waals surface area contributed by atoms with E-state index >= 15 is 0 Å². The molecule has 1 aromatic heterocycles. The van der Waals surface area contributed by atoms with Gasteiger partial charge < -0.3 is 0 Å². The van der Waals surface area contributed by atoms with Gasteiger partial charge >= 0.3 is 0 Å². The Morgan fingerprint density at radius 2 is 1.79 bits per heavy atom. The van der Waals surface area contributed by atoms with Crippen LogP contribution in [-0.2, 0) is 21.3 Å². The number of hydrogen-bond donors (Lipinski definition) is 1. The maximum absolute atomic E-state index is 12.4. The van der Waals surface area contributed by atoms with Crippen molar-refractivity contribution in [1.29, 1.82) is 0 Å². The van der Waals surface area contributed by atoms with E-state index in [0.29, 0.717) is 11.3 Å². The molecule has 1 N–H and O–H groups in total. The molecular weight excluding hydrogens is 274 g/mol. The summed E-state index contributed by atoms with van der Waals surface area (Å²) in [5, 5.41) is 6.25. The largest absolute Gasteiger partial charge is 0.282 e. The molecule has 1 aromatic carbocycles. The van der Waals surface area contributed by atoms with Crippen molar-refractivity contribution in [2.45, 2.75) is 17.9 Å². The molecule has 0 fully saturated rings. The van der Waals surface area contributed by atoms with Crippen LogP contribution in [0.3, 0.4) is 0 Å². The van der Waals surface area contributed by atoms with Gasteiger partial charge in [0.1, 0.15) is 0 Å². The van der Waals surface area contributed by atoms with Crippen LogP contribution in [0.4, 0.5) is 8.78 Å². The lowest BCUT2D eigenvalue weighted by molar-refractivity contribution is 0.151. The van der Waals surface area contributed by atoms with Crippen LogP contribution in [0.5, 0.6) is 0 Å². The molecule has 2 rings (SSSR count). The molecule has 0 aliphatic carbocycles. The Hall–Kier alpha value is -1.76. The quantitative estimate of drug-likeness (QED) is 0.918. The first kappa shape index (κ1) is 13.7. The van der Waals surface area contributed by atoms with Crippen LogP contribution in [0.1, 0.15) is 23.2 Å². The van der Waals surface area contributed by atoms with Gasteiger partial charge in [0, 0.05) is 11.8 Å². The lowest BCUT2D eigenvalue weighted by Crippen LogP contribution is -2.08. The van der Waals surface area contributed by atoms with Gasteiger partial charge in [-0.05, 0) is 11.6 Å². The maximum Gasteiger partial charge on any atom is 0.263 e. The van der Waals surface area contributed by atoms with E-state index < -0.39 is 16.3 Å². The fourth-order valence-electron chi connectivity index (χ4n) is 1.67. The molecule has 19 heavy (non-hydrogen) atoms. The molecule has 0 unspecified atom stereocenters. The fourth-order valence-corrected chi connectivity index (χ4v) is 3.10. The number of aromatic nitrogens is 2. The van der Waals surface area contributed by atoms with E-state index in [1.807, 2.05) is 0 Å². The van der Waals surface area contributed by atoms with E-state index in [4.69, 9.17) is 0 Å². The minimum Gasteiger partial charge on any atom is -0.282 e. The van der Waals surface area contributed by atoms with Crippen LogP contribution in [0.15, 0.2) is 36.5 Å². The van der Waals surface area contributed by atoms with E-state index in [2.05, 4.69) is 10.2 Å². The monoisotopic (exact) mass is 286 g/mol. The lowest BCUT2D eigenvalue weighted by Gasteiger charge is -2.05. The van der Waals surface area contributed by atoms with Crippen molar-refractivity contribution in [1.82, 2.24) is 10.2 Å². The van der Waals surface area contributed by atoms with Crippen LogP contribution in [0.25, 0.3) is 0 Å². The highest BCUT2D eigenvalue weighted by Gasteiger charge is 2.14. The van der Waals surface area contributed by atoms with Gasteiger partial charge in [-0.2, -0.15) is 5.10 Å². The van der Waals surface area contributed by atoms with Gasteiger partial charge in [-0.3, -0.25) is 5.10 Å². The van der Waals surface area contributed by atoms with Gasteiger partial charge in [-0.1, -0.05) is 24.3 Å². The number of benzene rings is 1. The SMILES string of the molecule is O=S(=O)(Cc1ccc(C(F)F)cc1)Cc1ccn[nH]1. The topological polar surface area (TPSA) is 62.8 Å². The molecule has 0 radical (unpaired) electrons. The number of halogens is 2. The summed E-state index contributed by atoms with van der Waals surface area (Å²) in [7, 11) is -3.35. The molecule has 0 atom stereocenters. The number of nitrogens with zero attached hydrogens (tertiary/aromatic N) is 1. The van der Waals surface area contributed by atoms with Crippen LogP contribution in [0.2, 0.25) is 0 Å². The number of H-pyrrole nitrogens is 1. The summed E-state index contributed by atoms with van der Waals surface area (Å²) < 4.78 is 48.5. The standard InChI is InChI=1S/C12H12F2N2O2S/c13-12(14)10-3-1-9(2-4-10)7-19(17,18)8-11-5-6-15-16-11/h1-6,12H,7-8H2,(H,15,16). The van der Waals surface area contributed by atoms with Gasteiger partial charge in [-0.15, -0.1) is 0 Å². The van der Waals surface area contributed by atoms with Gasteiger partial charge in [0.05, 0.1) is 17.2 Å². The third-order valence-corrected chi connectivity index (χ3v) is 4.08. The second-order valence-electron chi connectivity index (χ2n) is 4.16. The first-order valence-corrected chi connectivity index (χ1v) is 7.34. The molecule has 102 valence electrons. The van der Waals surface area contributed by atoms with Gasteiger partial charge in [0.2, 0.25) is 0 Å². The van der Waals surface area contributed by atoms with Crippen molar-refractivity contribution in [2.24, 2.45) is 0 Å². The summed E-state index contributed by atoms with van der Waals surface area (Å²) in [6.07, 6.45) is -1.07. The van der Waals surface area contributed by atoms with Crippen LogP contribution in [0, 0.1) is 0 Å². The summed E-state index contributed by atoms with van der Waals surface area (Å²) in [4.78, 5) is 0. The van der Waals surface area contributed by atoms with Gasteiger partial charge in [0.15, 0.2) is 9.84 Å². The Labute approximate surface area is 109 Å². The molecule has 7 heteroatoms. The lowest BCUT2D eigenvalue weighted by atomic mass is 10.2. The minimum atomic E-state index is -3.35. The Balaban J connectivity index is 2.07. The molecule has 0 amide bonds. The number of alkyl halides is 2. The number of hydrogen-bond acceptors (Lipinski definition) is 3. The number of nitrogens with one attached hydrogen (secondary N) is 1. The summed E-state index contributed by atoms with van der Waals surface area (Å²) in [5.41, 5.74) is 0.878. The summed E-state index contributed by atoms with van der Waals surface area (Å²) in [6, 6.07) is 6.88. The third-order valence-electron chi connectivity index (χ3n) is 2.55. The Kier molecular flexibility index (Phi) is 3.94. The summed E-state index contributed by atoms with van der Waals surface area (Å²) in [6.45, 7) is 0. The van der Waals surface area contributed by atoms with Crippen LogP contribution < -0.4 is 0 Å². The zero-order chi connectivity index (χ0) is 13.9. The fraction of sp³-hybridized carbons (Fsp3) is 0.250. The second kappa shape index (κ2) is 5.48. The Morgan fingerprint density at radius 1 is 1.11 bits per heavy atom. The minimum absolute atomic E-state index is 0.116. The first-order valence-electron chi connectivity index (χ1n) is 5.52. The molecule has 0 spiro atoms. The molecule has 0 saturated carbocycles. The number of aromatic amines is 1. The third kappa shape index (κ3) is 3.85. The van der Waals surface area contributed by atoms with Crippen molar-refractivity contribution in [2.75, 3.05) is 0 Å². The predicted molar refractivity (Wildman–Crippen MR) is 66.3 cm³/mol. The van der Waals surface area contributed by atoms with Crippen molar-refractivity contribution in [3.8, 4) is 0 Å². The zero-order valence-electron chi connectivity index (χ0n) is 9.88. The number of rotatable bonds is 5. The average molecular weight is 286 g/mol. The van der Waals surface area contributed by atoms with E-state index in [0.717, 1.165) is 0 Å². The van der Waals surface area contributed by atoms with Crippen molar-refractivity contribution < 1.29 is 17.2 Å². The van der Waals surface area contributed by atoms with Crippen molar-refractivity contribution >= 4 is 9.84 Å². The zero-order valence-corrected chi connectivity index (χ0v) is 10.7. The summed E-state index contributed by atoms with van der Waals surface area (Å²) in [5.74, 6) is -0.334. The number of sulfone groups is 1. The van der Waals surface area contributed by atoms with E-state index in [-0.39, 0.29) is 17.1 Å². The maximum atomic E-state index is 12.4. The Morgan fingerprint density at radius 3 is 2.32 bits per heavy atom. The molecule has 4 nitrogen and oxygen atoms in total. The summed E-state index contributed by atoms with van der Waals surface area (Å²) >= 11 is 0. The van der Waals surface area contributed by atoms with Gasteiger partial charge in [0.25, 0.3) is 6.43 Å². The highest BCUT2D eigenvalue weighted by Crippen LogP contribution is 2.20. The van der Waals surface area contributed by atoms with Crippen molar-refractivity contribution in [3.05, 3.63) is 53.3 Å². The molecule has 1 heterocycles. The van der Waals surface area contributed by atoms with E-state index in [9.17, 15) is 17.2 Å². The average Bonchev–Trinajstić information content (AvgIpc) is 2.81. The van der Waals surface area contributed by atoms with E-state index in [1.165, 1.54) is 30.5 Å². The first-order chi connectivity index (χ1) is 8.96. The molecule has 0 aliphatic rings. The predicted octanol–water partition coefficient (Wildman–Crippen LogP) is 2.46. The molecule has 0 saturated heterocycles. The Bertz CT molecular complexity index is 622. The molecular formula is C12H12F2N2O2S. The highest BCUT2D eigenvalue weighted by atomic mass is 32.2. The normalized spacial score (nSPS) is 11.9.